The molecule has 11 heavy (non-hydrogen) atoms. The lowest BCUT2D eigenvalue weighted by Gasteiger charge is -2.23. The van der Waals surface area contributed by atoms with Crippen LogP contribution >= 0.6 is 0 Å². The van der Waals surface area contributed by atoms with Gasteiger partial charge in [0.1, 0.15) is 0 Å². The molecule has 1 aliphatic rings. The molecular formula is C10H13N. The normalized spacial score (nSPS) is 22.1. The summed E-state index contributed by atoms with van der Waals surface area (Å²) >= 11 is 0. The third-order valence-corrected chi connectivity index (χ3v) is 2.38. The highest BCUT2D eigenvalue weighted by Crippen LogP contribution is 2.30. The second kappa shape index (κ2) is 2.57. The van der Waals surface area contributed by atoms with E-state index in [9.17, 15) is 0 Å². The van der Waals surface area contributed by atoms with Crippen LogP contribution in [0.2, 0.25) is 0 Å². The Kier molecular flexibility index (Phi) is 1.57. The highest BCUT2D eigenvalue weighted by molar-refractivity contribution is 5.54. The lowest BCUT2D eigenvalue weighted by molar-refractivity contribution is 0.684. The Morgan fingerprint density at radius 1 is 1.36 bits per heavy atom. The Labute approximate surface area is 67.4 Å². The van der Waals surface area contributed by atoms with Crippen LogP contribution in [0.3, 0.4) is 0 Å². The molecule has 1 aromatic carbocycles. The Hall–Kier alpha value is -0.980. The smallest absolute Gasteiger partial charge is 0.0375 e. The van der Waals surface area contributed by atoms with Crippen molar-refractivity contribution in [2.45, 2.75) is 19.3 Å². The lowest BCUT2D eigenvalue weighted by atomic mass is 9.93. The van der Waals surface area contributed by atoms with Crippen molar-refractivity contribution in [3.05, 3.63) is 29.8 Å². The molecule has 1 heterocycles. The van der Waals surface area contributed by atoms with Gasteiger partial charge < -0.3 is 5.32 Å². The maximum absolute atomic E-state index is 3.39. The van der Waals surface area contributed by atoms with Crippen molar-refractivity contribution >= 4 is 5.69 Å². The Balaban J connectivity index is 2.44. The van der Waals surface area contributed by atoms with E-state index < -0.39 is 0 Å². The summed E-state index contributed by atoms with van der Waals surface area (Å²) < 4.78 is 0. The highest BCUT2D eigenvalue weighted by atomic mass is 14.9. The summed E-state index contributed by atoms with van der Waals surface area (Å²) in [6.07, 6.45) is 1.26. The van der Waals surface area contributed by atoms with E-state index in [0.29, 0.717) is 0 Å². The van der Waals surface area contributed by atoms with Crippen molar-refractivity contribution in [1.29, 1.82) is 0 Å². The van der Waals surface area contributed by atoms with Gasteiger partial charge in [0.05, 0.1) is 0 Å². The number of nitrogens with one attached hydrogen (secondary N) is 1. The average molecular weight is 147 g/mol. The minimum atomic E-state index is 0.729. The van der Waals surface area contributed by atoms with Crippen molar-refractivity contribution in [2.75, 3.05) is 11.9 Å². The van der Waals surface area contributed by atoms with Crippen LogP contribution in [0.5, 0.6) is 0 Å². The van der Waals surface area contributed by atoms with Gasteiger partial charge in [-0.2, -0.15) is 0 Å². The Bertz CT molecular complexity index is 255. The number of para-hydroxylation sites is 1. The quantitative estimate of drug-likeness (QED) is 0.594. The zero-order chi connectivity index (χ0) is 7.68. The fourth-order valence-electron chi connectivity index (χ4n) is 1.67. The zero-order valence-corrected chi connectivity index (χ0v) is 6.80. The van der Waals surface area contributed by atoms with Gasteiger partial charge >= 0.3 is 0 Å². The molecule has 0 amide bonds. The van der Waals surface area contributed by atoms with E-state index in [2.05, 4.69) is 36.5 Å². The van der Waals surface area contributed by atoms with Gasteiger partial charge in [0.25, 0.3) is 0 Å². The molecule has 1 nitrogen and oxygen atoms in total. The van der Waals surface area contributed by atoms with E-state index in [0.717, 1.165) is 12.5 Å². The standard InChI is InChI=1S/C10H13N/c1-8-6-7-11-10-5-3-2-4-9(8)10/h2-5,8,11H,6-7H2,1H3/t8-/m1/s1. The molecule has 0 saturated carbocycles. The molecule has 1 N–H and O–H groups in total. The van der Waals surface area contributed by atoms with E-state index in [1.807, 2.05) is 0 Å². The van der Waals surface area contributed by atoms with Crippen molar-refractivity contribution < 1.29 is 0 Å². The third-order valence-electron chi connectivity index (χ3n) is 2.38. The SMILES string of the molecule is C[C@@H]1CCNc2ccccc21. The molecule has 0 unspecified atom stereocenters. The maximum Gasteiger partial charge on any atom is 0.0375 e. The fraction of sp³-hybridized carbons (Fsp3) is 0.400. The van der Waals surface area contributed by atoms with Gasteiger partial charge in [-0.3, -0.25) is 0 Å². The molecule has 1 aromatic rings. The van der Waals surface area contributed by atoms with Gasteiger partial charge in [-0.25, -0.2) is 0 Å². The first-order valence-electron chi connectivity index (χ1n) is 4.21. The highest BCUT2D eigenvalue weighted by Gasteiger charge is 2.13. The predicted molar refractivity (Wildman–Crippen MR) is 48.0 cm³/mol. The number of rotatable bonds is 0. The van der Waals surface area contributed by atoms with Gasteiger partial charge in [-0.1, -0.05) is 25.1 Å². The van der Waals surface area contributed by atoms with Crippen LogP contribution in [0.4, 0.5) is 5.69 Å². The van der Waals surface area contributed by atoms with Gasteiger partial charge in [-0.05, 0) is 24.0 Å². The van der Waals surface area contributed by atoms with Crippen LogP contribution in [0.15, 0.2) is 24.3 Å². The van der Waals surface area contributed by atoms with E-state index in [1.54, 1.807) is 0 Å². The van der Waals surface area contributed by atoms with E-state index >= 15 is 0 Å². The van der Waals surface area contributed by atoms with Crippen molar-refractivity contribution in [3.63, 3.8) is 0 Å². The first-order valence-corrected chi connectivity index (χ1v) is 4.21. The topological polar surface area (TPSA) is 12.0 Å². The molecule has 0 aliphatic carbocycles. The van der Waals surface area contributed by atoms with Crippen molar-refractivity contribution in [2.24, 2.45) is 0 Å². The average Bonchev–Trinajstić information content (AvgIpc) is 2.06. The second-order valence-electron chi connectivity index (χ2n) is 3.20. The molecule has 0 radical (unpaired) electrons. The zero-order valence-electron chi connectivity index (χ0n) is 6.80. The predicted octanol–water partition coefficient (Wildman–Crippen LogP) is 2.61. The summed E-state index contributed by atoms with van der Waals surface area (Å²) in [6.45, 7) is 3.41. The summed E-state index contributed by atoms with van der Waals surface area (Å²) in [4.78, 5) is 0. The molecule has 0 saturated heterocycles. The summed E-state index contributed by atoms with van der Waals surface area (Å²) in [7, 11) is 0. The van der Waals surface area contributed by atoms with Crippen molar-refractivity contribution in [3.8, 4) is 0 Å². The number of benzene rings is 1. The molecule has 0 fully saturated rings. The number of hydrogen-bond acceptors (Lipinski definition) is 1. The van der Waals surface area contributed by atoms with Crippen LogP contribution < -0.4 is 5.32 Å². The lowest BCUT2D eigenvalue weighted by Crippen LogP contribution is -2.14. The van der Waals surface area contributed by atoms with Crippen LogP contribution in [0.25, 0.3) is 0 Å². The van der Waals surface area contributed by atoms with Gasteiger partial charge in [0, 0.05) is 12.2 Å². The van der Waals surface area contributed by atoms with Crippen molar-refractivity contribution in [1.82, 2.24) is 0 Å². The summed E-state index contributed by atoms with van der Waals surface area (Å²) in [6, 6.07) is 8.57. The largest absolute Gasteiger partial charge is 0.385 e. The summed E-state index contributed by atoms with van der Waals surface area (Å²) in [5.74, 6) is 0.729. The number of anilines is 1. The number of fused-ring (bicyclic) bond motifs is 1. The second-order valence-corrected chi connectivity index (χ2v) is 3.20. The van der Waals surface area contributed by atoms with Gasteiger partial charge in [-0.15, -0.1) is 0 Å². The molecule has 58 valence electrons. The Morgan fingerprint density at radius 3 is 3.00 bits per heavy atom. The monoisotopic (exact) mass is 147 g/mol. The molecule has 0 spiro atoms. The molecule has 1 heteroatoms. The van der Waals surface area contributed by atoms with E-state index in [4.69, 9.17) is 0 Å². The fourth-order valence-corrected chi connectivity index (χ4v) is 1.67. The third kappa shape index (κ3) is 1.11. The summed E-state index contributed by atoms with van der Waals surface area (Å²) in [5, 5.41) is 3.39. The minimum absolute atomic E-state index is 0.729. The van der Waals surface area contributed by atoms with Gasteiger partial charge in [0.2, 0.25) is 0 Å². The first-order chi connectivity index (χ1) is 5.38. The minimum Gasteiger partial charge on any atom is -0.385 e. The Morgan fingerprint density at radius 2 is 2.18 bits per heavy atom. The first kappa shape index (κ1) is 6.71. The van der Waals surface area contributed by atoms with Crippen LogP contribution in [0.1, 0.15) is 24.8 Å². The van der Waals surface area contributed by atoms with Crippen LogP contribution in [0, 0.1) is 0 Å². The van der Waals surface area contributed by atoms with Crippen LogP contribution in [-0.4, -0.2) is 6.54 Å². The van der Waals surface area contributed by atoms with Crippen LogP contribution in [-0.2, 0) is 0 Å². The molecule has 2 rings (SSSR count). The molecular weight excluding hydrogens is 134 g/mol. The molecule has 1 aliphatic heterocycles. The number of hydrogen-bond donors (Lipinski definition) is 1. The van der Waals surface area contributed by atoms with E-state index in [1.165, 1.54) is 17.7 Å². The maximum atomic E-state index is 3.39. The summed E-state index contributed by atoms with van der Waals surface area (Å²) in [5.41, 5.74) is 2.80. The van der Waals surface area contributed by atoms with Gasteiger partial charge in [0.15, 0.2) is 0 Å². The molecule has 0 bridgehead atoms. The van der Waals surface area contributed by atoms with E-state index in [-0.39, 0.29) is 0 Å². The molecule has 0 aromatic heterocycles. The molecule has 1 atom stereocenters.